The number of benzene rings is 1. The van der Waals surface area contributed by atoms with Crippen molar-refractivity contribution >= 4 is 23.4 Å². The van der Waals surface area contributed by atoms with E-state index in [4.69, 9.17) is 11.6 Å². The Bertz CT molecular complexity index is 606. The van der Waals surface area contributed by atoms with Crippen LogP contribution in [0.2, 0.25) is 5.28 Å². The summed E-state index contributed by atoms with van der Waals surface area (Å²) in [5.74, 6) is -0.981. The molecule has 0 amide bonds. The van der Waals surface area contributed by atoms with Crippen molar-refractivity contribution in [3.8, 4) is 0 Å². The highest BCUT2D eigenvalue weighted by Crippen LogP contribution is 2.34. The lowest BCUT2D eigenvalue weighted by molar-refractivity contribution is -0.137. The zero-order valence-electron chi connectivity index (χ0n) is 8.95. The third kappa shape index (κ3) is 3.77. The Balaban J connectivity index is 2.33. The molecule has 0 aliphatic rings. The molecule has 0 bridgehead atoms. The van der Waals surface area contributed by atoms with Gasteiger partial charge in [0.2, 0.25) is 5.28 Å². The molecule has 0 aliphatic heterocycles. The van der Waals surface area contributed by atoms with E-state index in [1.165, 1.54) is 6.20 Å². The molecule has 0 aliphatic carbocycles. The van der Waals surface area contributed by atoms with Gasteiger partial charge in [-0.05, 0) is 29.8 Å². The summed E-state index contributed by atoms with van der Waals surface area (Å²) in [4.78, 5) is 3.79. The largest absolute Gasteiger partial charge is 0.416 e. The predicted octanol–water partition coefficient (Wildman–Crippen LogP) is 3.83. The quantitative estimate of drug-likeness (QED) is 0.790. The van der Waals surface area contributed by atoms with Gasteiger partial charge >= 0.3 is 6.18 Å². The van der Waals surface area contributed by atoms with Crippen molar-refractivity contribution in [2.45, 2.75) is 16.1 Å². The molecule has 0 saturated carbocycles. The molecule has 0 unspecified atom stereocenters. The third-order valence-corrected chi connectivity index (χ3v) is 2.97. The van der Waals surface area contributed by atoms with E-state index in [2.05, 4.69) is 15.2 Å². The van der Waals surface area contributed by atoms with E-state index in [-0.39, 0.29) is 15.2 Å². The van der Waals surface area contributed by atoms with Gasteiger partial charge in [0.25, 0.3) is 0 Å². The first-order valence-electron chi connectivity index (χ1n) is 4.75. The van der Waals surface area contributed by atoms with Gasteiger partial charge in [0, 0.05) is 4.90 Å². The van der Waals surface area contributed by atoms with Crippen LogP contribution in [0.1, 0.15) is 5.56 Å². The van der Waals surface area contributed by atoms with E-state index >= 15 is 0 Å². The molecule has 1 aromatic carbocycles. The normalized spacial score (nSPS) is 11.6. The van der Waals surface area contributed by atoms with Crippen LogP contribution in [0.25, 0.3) is 0 Å². The first-order valence-corrected chi connectivity index (χ1v) is 5.95. The van der Waals surface area contributed by atoms with E-state index in [0.717, 1.165) is 23.9 Å². The van der Waals surface area contributed by atoms with Crippen molar-refractivity contribution in [3.63, 3.8) is 0 Å². The number of aromatic nitrogens is 3. The SMILES string of the molecule is Fc1cc(Sc2cnnc(Cl)n2)cc(C(F)(F)F)c1. The Labute approximate surface area is 114 Å². The smallest absolute Gasteiger partial charge is 0.208 e. The summed E-state index contributed by atoms with van der Waals surface area (Å²) in [6, 6.07) is 2.22. The molecule has 0 radical (unpaired) electrons. The lowest BCUT2D eigenvalue weighted by Gasteiger charge is -2.08. The second kappa shape index (κ2) is 5.30. The molecular formula is C10H4ClF4N3S. The summed E-state index contributed by atoms with van der Waals surface area (Å²) in [6.45, 7) is 0. The monoisotopic (exact) mass is 309 g/mol. The van der Waals surface area contributed by atoms with E-state index in [0.29, 0.717) is 6.07 Å². The lowest BCUT2D eigenvalue weighted by Crippen LogP contribution is -2.05. The van der Waals surface area contributed by atoms with Crippen LogP contribution in [0, 0.1) is 5.82 Å². The number of halogens is 5. The summed E-state index contributed by atoms with van der Waals surface area (Å²) in [5.41, 5.74) is -1.07. The van der Waals surface area contributed by atoms with Crippen molar-refractivity contribution in [3.05, 3.63) is 41.1 Å². The van der Waals surface area contributed by atoms with Crippen LogP contribution < -0.4 is 0 Å². The summed E-state index contributed by atoms with van der Waals surface area (Å²) in [6.07, 6.45) is -3.40. The second-order valence-electron chi connectivity index (χ2n) is 3.34. The maximum atomic E-state index is 13.2. The fraction of sp³-hybridized carbons (Fsp3) is 0.100. The second-order valence-corrected chi connectivity index (χ2v) is 4.77. The van der Waals surface area contributed by atoms with Gasteiger partial charge in [0.05, 0.1) is 11.8 Å². The van der Waals surface area contributed by atoms with Gasteiger partial charge in [-0.2, -0.15) is 18.3 Å². The van der Waals surface area contributed by atoms with E-state index < -0.39 is 17.6 Å². The number of alkyl halides is 3. The highest BCUT2D eigenvalue weighted by atomic mass is 35.5. The fourth-order valence-corrected chi connectivity index (χ4v) is 2.24. The molecule has 0 fully saturated rings. The Morgan fingerprint density at radius 1 is 1.16 bits per heavy atom. The molecule has 2 rings (SSSR count). The van der Waals surface area contributed by atoms with E-state index in [9.17, 15) is 17.6 Å². The van der Waals surface area contributed by atoms with E-state index in [1.807, 2.05) is 0 Å². The molecule has 0 N–H and O–H groups in total. The van der Waals surface area contributed by atoms with Gasteiger partial charge < -0.3 is 0 Å². The fourth-order valence-electron chi connectivity index (χ4n) is 1.22. The molecule has 1 aromatic heterocycles. The minimum Gasteiger partial charge on any atom is -0.208 e. The molecule has 100 valence electrons. The van der Waals surface area contributed by atoms with Gasteiger partial charge in [-0.1, -0.05) is 11.8 Å². The van der Waals surface area contributed by atoms with Crippen LogP contribution in [-0.2, 0) is 6.18 Å². The standard InChI is InChI=1S/C10H4ClF4N3S/c11-9-17-8(4-16-18-9)19-7-2-5(10(13,14)15)1-6(12)3-7/h1-4H. The summed E-state index contributed by atoms with van der Waals surface area (Å²) in [5, 5.41) is 6.97. The number of rotatable bonds is 2. The minimum absolute atomic E-state index is 0.0453. The van der Waals surface area contributed by atoms with Crippen LogP contribution in [0.4, 0.5) is 17.6 Å². The number of nitrogens with zero attached hydrogens (tertiary/aromatic N) is 3. The van der Waals surface area contributed by atoms with Crippen LogP contribution in [0.15, 0.2) is 34.3 Å². The van der Waals surface area contributed by atoms with Crippen LogP contribution in [0.5, 0.6) is 0 Å². The lowest BCUT2D eigenvalue weighted by atomic mass is 10.2. The first kappa shape index (κ1) is 14.0. The van der Waals surface area contributed by atoms with Crippen molar-refractivity contribution in [1.29, 1.82) is 0 Å². The van der Waals surface area contributed by atoms with Crippen molar-refractivity contribution in [1.82, 2.24) is 15.2 Å². The first-order chi connectivity index (χ1) is 8.84. The van der Waals surface area contributed by atoms with Gasteiger partial charge in [0.15, 0.2) is 0 Å². The minimum atomic E-state index is -4.61. The topological polar surface area (TPSA) is 38.7 Å². The molecule has 3 nitrogen and oxygen atoms in total. The van der Waals surface area contributed by atoms with Crippen LogP contribution in [0.3, 0.4) is 0 Å². The Kier molecular flexibility index (Phi) is 3.91. The summed E-state index contributed by atoms with van der Waals surface area (Å²) in [7, 11) is 0. The van der Waals surface area contributed by atoms with Crippen molar-refractivity contribution in [2.75, 3.05) is 0 Å². The number of hydrogen-bond donors (Lipinski definition) is 0. The molecule has 0 saturated heterocycles. The Morgan fingerprint density at radius 2 is 1.89 bits per heavy atom. The van der Waals surface area contributed by atoms with Gasteiger partial charge in [-0.15, -0.1) is 5.10 Å². The van der Waals surface area contributed by atoms with Gasteiger partial charge in [0.1, 0.15) is 10.8 Å². The Hall–Kier alpha value is -1.41. The molecule has 9 heteroatoms. The van der Waals surface area contributed by atoms with Gasteiger partial charge in [-0.25, -0.2) is 9.37 Å². The zero-order chi connectivity index (χ0) is 14.0. The molecular weight excluding hydrogens is 306 g/mol. The highest BCUT2D eigenvalue weighted by molar-refractivity contribution is 7.99. The highest BCUT2D eigenvalue weighted by Gasteiger charge is 2.31. The van der Waals surface area contributed by atoms with Gasteiger partial charge in [-0.3, -0.25) is 0 Å². The van der Waals surface area contributed by atoms with Crippen LogP contribution in [-0.4, -0.2) is 15.2 Å². The molecule has 0 atom stereocenters. The average molecular weight is 310 g/mol. The maximum Gasteiger partial charge on any atom is 0.416 e. The third-order valence-electron chi connectivity index (χ3n) is 1.93. The zero-order valence-corrected chi connectivity index (χ0v) is 10.5. The molecule has 0 spiro atoms. The van der Waals surface area contributed by atoms with E-state index in [1.54, 1.807) is 0 Å². The maximum absolute atomic E-state index is 13.2. The summed E-state index contributed by atoms with van der Waals surface area (Å²) >= 11 is 6.30. The molecule has 19 heavy (non-hydrogen) atoms. The molecule has 1 heterocycles. The van der Waals surface area contributed by atoms with Crippen LogP contribution >= 0.6 is 23.4 Å². The van der Waals surface area contributed by atoms with Crippen molar-refractivity contribution in [2.24, 2.45) is 0 Å². The summed E-state index contributed by atoms with van der Waals surface area (Å²) < 4.78 is 50.7. The molecule has 2 aromatic rings. The number of hydrogen-bond acceptors (Lipinski definition) is 4. The Morgan fingerprint density at radius 3 is 2.53 bits per heavy atom. The average Bonchev–Trinajstić information content (AvgIpc) is 2.26. The predicted molar refractivity (Wildman–Crippen MR) is 60.4 cm³/mol. The van der Waals surface area contributed by atoms with Crippen molar-refractivity contribution < 1.29 is 17.6 Å².